The first-order valence-corrected chi connectivity index (χ1v) is 5.80. The summed E-state index contributed by atoms with van der Waals surface area (Å²) >= 11 is 5.95. The number of aliphatic hydroxyl groups excluding tert-OH is 1. The maximum atomic E-state index is 11.8. The summed E-state index contributed by atoms with van der Waals surface area (Å²) in [5, 5.41) is 11.4. The van der Waals surface area contributed by atoms with Crippen molar-refractivity contribution in [2.45, 2.75) is 20.8 Å². The number of nitrogens with one attached hydrogen (secondary N) is 1. The van der Waals surface area contributed by atoms with Crippen LogP contribution in [0.15, 0.2) is 12.1 Å². The Balaban J connectivity index is 2.90. The molecule has 1 heterocycles. The van der Waals surface area contributed by atoms with Crippen molar-refractivity contribution in [1.82, 2.24) is 4.98 Å². The molecule has 0 atom stereocenters. The van der Waals surface area contributed by atoms with Gasteiger partial charge < -0.3 is 10.4 Å². The molecule has 0 saturated carbocycles. The van der Waals surface area contributed by atoms with E-state index in [9.17, 15) is 4.79 Å². The number of nitrogens with zero attached hydrogens (tertiary/aromatic N) is 1. The van der Waals surface area contributed by atoms with Gasteiger partial charge in [0, 0.05) is 5.41 Å². The van der Waals surface area contributed by atoms with Crippen molar-refractivity contribution in [3.8, 4) is 11.8 Å². The Morgan fingerprint density at radius 2 is 2.17 bits per heavy atom. The molecule has 5 heteroatoms. The molecule has 0 spiro atoms. The highest BCUT2D eigenvalue weighted by molar-refractivity contribution is 6.32. The van der Waals surface area contributed by atoms with Crippen molar-refractivity contribution >= 4 is 23.2 Å². The Hall–Kier alpha value is -1.57. The molecule has 0 aliphatic carbocycles. The van der Waals surface area contributed by atoms with E-state index in [0.29, 0.717) is 11.4 Å². The van der Waals surface area contributed by atoms with Crippen LogP contribution >= 0.6 is 11.6 Å². The predicted molar refractivity (Wildman–Crippen MR) is 71.3 cm³/mol. The molecule has 0 aliphatic rings. The number of aromatic nitrogens is 1. The third kappa shape index (κ3) is 4.02. The maximum Gasteiger partial charge on any atom is 0.229 e. The summed E-state index contributed by atoms with van der Waals surface area (Å²) in [6.07, 6.45) is 0. The fraction of sp³-hybridized carbons (Fsp3) is 0.385. The number of anilines is 1. The van der Waals surface area contributed by atoms with Crippen LogP contribution in [0.2, 0.25) is 5.15 Å². The van der Waals surface area contributed by atoms with E-state index in [0.717, 1.165) is 0 Å². The Morgan fingerprint density at radius 1 is 1.50 bits per heavy atom. The SMILES string of the molecule is CC(C)(C)C(=O)Nc1ccc(C#CCO)nc1Cl. The molecule has 0 unspecified atom stereocenters. The van der Waals surface area contributed by atoms with Gasteiger partial charge in [0.2, 0.25) is 5.91 Å². The van der Waals surface area contributed by atoms with E-state index in [-0.39, 0.29) is 17.7 Å². The minimum Gasteiger partial charge on any atom is -0.384 e. The smallest absolute Gasteiger partial charge is 0.229 e. The van der Waals surface area contributed by atoms with E-state index in [2.05, 4.69) is 22.1 Å². The summed E-state index contributed by atoms with van der Waals surface area (Å²) < 4.78 is 0. The minimum absolute atomic E-state index is 0.139. The predicted octanol–water partition coefficient (Wildman–Crippen LogP) is 2.06. The van der Waals surface area contributed by atoms with Gasteiger partial charge in [-0.3, -0.25) is 4.79 Å². The normalized spacial score (nSPS) is 10.5. The van der Waals surface area contributed by atoms with Crippen molar-refractivity contribution in [3.63, 3.8) is 0 Å². The van der Waals surface area contributed by atoms with Gasteiger partial charge >= 0.3 is 0 Å². The molecular formula is C13H15ClN2O2. The number of hydrogen-bond donors (Lipinski definition) is 2. The van der Waals surface area contributed by atoms with Crippen LogP contribution in [0, 0.1) is 17.3 Å². The Kier molecular flexibility index (Phi) is 4.71. The second kappa shape index (κ2) is 5.85. The van der Waals surface area contributed by atoms with Crippen LogP contribution in [0.25, 0.3) is 0 Å². The summed E-state index contributed by atoms with van der Waals surface area (Å²) in [4.78, 5) is 15.8. The number of rotatable bonds is 1. The van der Waals surface area contributed by atoms with Gasteiger partial charge in [-0.1, -0.05) is 38.3 Å². The second-order valence-electron chi connectivity index (χ2n) is 4.70. The number of pyridine rings is 1. The van der Waals surface area contributed by atoms with Gasteiger partial charge in [0.25, 0.3) is 0 Å². The first-order valence-electron chi connectivity index (χ1n) is 5.42. The third-order valence-corrected chi connectivity index (χ3v) is 2.36. The molecule has 0 radical (unpaired) electrons. The summed E-state index contributed by atoms with van der Waals surface area (Å²) in [5.41, 5.74) is 0.396. The van der Waals surface area contributed by atoms with Gasteiger partial charge in [0.05, 0.1) is 5.69 Å². The molecule has 1 aromatic heterocycles. The zero-order valence-corrected chi connectivity index (χ0v) is 11.3. The lowest BCUT2D eigenvalue weighted by Gasteiger charge is -2.17. The molecule has 0 aliphatic heterocycles. The molecule has 18 heavy (non-hydrogen) atoms. The van der Waals surface area contributed by atoms with Crippen LogP contribution in [0.5, 0.6) is 0 Å². The lowest BCUT2D eigenvalue weighted by Crippen LogP contribution is -2.27. The Labute approximate surface area is 111 Å². The topological polar surface area (TPSA) is 62.2 Å². The average molecular weight is 267 g/mol. The molecular weight excluding hydrogens is 252 g/mol. The fourth-order valence-electron chi connectivity index (χ4n) is 1.04. The Bertz CT molecular complexity index is 510. The van der Waals surface area contributed by atoms with Crippen molar-refractivity contribution in [1.29, 1.82) is 0 Å². The van der Waals surface area contributed by atoms with E-state index in [1.807, 2.05) is 20.8 Å². The first-order chi connectivity index (χ1) is 8.34. The van der Waals surface area contributed by atoms with Gasteiger partial charge in [0.1, 0.15) is 12.3 Å². The highest BCUT2D eigenvalue weighted by Gasteiger charge is 2.22. The standard InChI is InChI=1S/C13H15ClN2O2/c1-13(2,3)12(18)16-10-7-6-9(5-4-8-17)15-11(10)14/h6-7,17H,8H2,1-3H3,(H,16,18). The zero-order chi connectivity index (χ0) is 13.8. The molecule has 0 bridgehead atoms. The molecule has 1 rings (SSSR count). The minimum atomic E-state index is -0.501. The number of aliphatic hydroxyl groups is 1. The van der Waals surface area contributed by atoms with E-state index in [1.54, 1.807) is 12.1 Å². The Morgan fingerprint density at radius 3 is 2.67 bits per heavy atom. The molecule has 1 aromatic rings. The number of carbonyl (C=O) groups excluding carboxylic acids is 1. The summed E-state index contributed by atoms with van der Waals surface area (Å²) in [7, 11) is 0. The molecule has 0 fully saturated rings. The van der Waals surface area contributed by atoms with Crippen LogP contribution < -0.4 is 5.32 Å². The van der Waals surface area contributed by atoms with Crippen LogP contribution in [-0.2, 0) is 4.79 Å². The van der Waals surface area contributed by atoms with Crippen molar-refractivity contribution < 1.29 is 9.90 Å². The average Bonchev–Trinajstić information content (AvgIpc) is 2.28. The monoisotopic (exact) mass is 266 g/mol. The number of amides is 1. The molecule has 0 aromatic carbocycles. The quantitative estimate of drug-likeness (QED) is 0.604. The highest BCUT2D eigenvalue weighted by Crippen LogP contribution is 2.22. The van der Waals surface area contributed by atoms with Gasteiger partial charge in [-0.05, 0) is 18.1 Å². The molecule has 96 valence electrons. The second-order valence-corrected chi connectivity index (χ2v) is 5.06. The maximum absolute atomic E-state index is 11.8. The zero-order valence-electron chi connectivity index (χ0n) is 10.5. The number of hydrogen-bond acceptors (Lipinski definition) is 3. The highest BCUT2D eigenvalue weighted by atomic mass is 35.5. The van der Waals surface area contributed by atoms with E-state index in [4.69, 9.17) is 16.7 Å². The van der Waals surface area contributed by atoms with E-state index in [1.165, 1.54) is 0 Å². The van der Waals surface area contributed by atoms with Crippen LogP contribution in [0.4, 0.5) is 5.69 Å². The van der Waals surface area contributed by atoms with Crippen molar-refractivity contribution in [3.05, 3.63) is 23.0 Å². The fourth-order valence-corrected chi connectivity index (χ4v) is 1.24. The number of carbonyl (C=O) groups is 1. The molecule has 0 saturated heterocycles. The van der Waals surface area contributed by atoms with Crippen molar-refractivity contribution in [2.24, 2.45) is 5.41 Å². The summed E-state index contributed by atoms with van der Waals surface area (Å²) in [6, 6.07) is 3.27. The molecule has 4 nitrogen and oxygen atoms in total. The van der Waals surface area contributed by atoms with Gasteiger partial charge in [-0.25, -0.2) is 4.98 Å². The molecule has 1 amide bonds. The summed E-state index contributed by atoms with van der Waals surface area (Å²) in [5.74, 6) is 4.97. The summed E-state index contributed by atoms with van der Waals surface area (Å²) in [6.45, 7) is 5.20. The third-order valence-electron chi connectivity index (χ3n) is 2.07. The van der Waals surface area contributed by atoms with Crippen molar-refractivity contribution in [2.75, 3.05) is 11.9 Å². The first kappa shape index (κ1) is 14.5. The van der Waals surface area contributed by atoms with Gasteiger partial charge in [-0.2, -0.15) is 0 Å². The lowest BCUT2D eigenvalue weighted by molar-refractivity contribution is -0.123. The van der Waals surface area contributed by atoms with Gasteiger partial charge in [-0.15, -0.1) is 0 Å². The van der Waals surface area contributed by atoms with Crippen LogP contribution in [-0.4, -0.2) is 22.6 Å². The van der Waals surface area contributed by atoms with Gasteiger partial charge in [0.15, 0.2) is 5.15 Å². The van der Waals surface area contributed by atoms with Crippen LogP contribution in [0.3, 0.4) is 0 Å². The molecule has 2 N–H and O–H groups in total. The van der Waals surface area contributed by atoms with E-state index < -0.39 is 5.41 Å². The largest absolute Gasteiger partial charge is 0.384 e. The number of halogens is 1. The van der Waals surface area contributed by atoms with Crippen LogP contribution in [0.1, 0.15) is 26.5 Å². The lowest BCUT2D eigenvalue weighted by atomic mass is 9.95. The van der Waals surface area contributed by atoms with E-state index >= 15 is 0 Å².